The smallest absolute Gasteiger partial charge is 0.280 e. The lowest BCUT2D eigenvalue weighted by Crippen LogP contribution is -2.40. The molecule has 11 heteroatoms. The predicted molar refractivity (Wildman–Crippen MR) is 90.9 cm³/mol. The van der Waals surface area contributed by atoms with E-state index >= 15 is 0 Å². The molecule has 1 aliphatic rings. The fourth-order valence-electron chi connectivity index (χ4n) is 3.28. The Morgan fingerprint density at radius 3 is 2.48 bits per heavy atom. The lowest BCUT2D eigenvalue weighted by atomic mass is 9.98. The number of hydrogen-bond acceptors (Lipinski definition) is 6. The first-order valence-electron chi connectivity index (χ1n) is 8.47. The maximum Gasteiger partial charge on any atom is 0.280 e. The maximum atomic E-state index is 12.8. The van der Waals surface area contributed by atoms with Crippen molar-refractivity contribution in [2.75, 3.05) is 13.1 Å². The highest BCUT2D eigenvalue weighted by atomic mass is 32.2. The summed E-state index contributed by atoms with van der Waals surface area (Å²) in [4.78, 5) is 15.6. The van der Waals surface area contributed by atoms with Crippen LogP contribution in [0, 0.1) is 19.8 Å². The van der Waals surface area contributed by atoms with Crippen molar-refractivity contribution in [3.63, 3.8) is 0 Å². The summed E-state index contributed by atoms with van der Waals surface area (Å²) in [5, 5.41) is 3.70. The number of piperidine rings is 1. The molecule has 148 valence electrons. The Bertz CT molecular complexity index is 959. The third-order valence-electron chi connectivity index (χ3n) is 4.72. The molecule has 27 heavy (non-hydrogen) atoms. The Balaban J connectivity index is 1.67. The van der Waals surface area contributed by atoms with Crippen molar-refractivity contribution in [2.45, 2.75) is 44.6 Å². The molecule has 2 aromatic rings. The quantitative estimate of drug-likeness (QED) is 0.757. The first kappa shape index (κ1) is 19.6. The Hall–Kier alpha value is -2.14. The van der Waals surface area contributed by atoms with Crippen molar-refractivity contribution in [3.05, 3.63) is 39.9 Å². The highest BCUT2D eigenvalue weighted by Gasteiger charge is 2.33. The van der Waals surface area contributed by atoms with Gasteiger partial charge >= 0.3 is 0 Å². The SMILES string of the molecule is Cc1noc(C)c1S(=O)(=O)N1CCC(Cn2cnc(C(F)F)cc2=O)CC1. The summed E-state index contributed by atoms with van der Waals surface area (Å²) in [5.74, 6) is 0.310. The minimum Gasteiger partial charge on any atom is -0.360 e. The van der Waals surface area contributed by atoms with Crippen LogP contribution in [0.25, 0.3) is 0 Å². The second-order valence-corrected chi connectivity index (χ2v) is 8.48. The van der Waals surface area contributed by atoms with E-state index in [9.17, 15) is 22.0 Å². The molecule has 0 unspecified atom stereocenters. The molecular weight excluding hydrogens is 382 g/mol. The van der Waals surface area contributed by atoms with Gasteiger partial charge in [-0.1, -0.05) is 5.16 Å². The molecule has 0 aliphatic carbocycles. The summed E-state index contributed by atoms with van der Waals surface area (Å²) in [7, 11) is -3.69. The second kappa shape index (κ2) is 7.47. The zero-order chi connectivity index (χ0) is 19.8. The monoisotopic (exact) mass is 402 g/mol. The average Bonchev–Trinajstić information content (AvgIpc) is 2.96. The van der Waals surface area contributed by atoms with Gasteiger partial charge < -0.3 is 4.52 Å². The van der Waals surface area contributed by atoms with E-state index in [1.54, 1.807) is 13.8 Å². The number of aromatic nitrogens is 3. The van der Waals surface area contributed by atoms with Crippen LogP contribution in [-0.4, -0.2) is 40.5 Å². The molecule has 8 nitrogen and oxygen atoms in total. The molecular formula is C16H20F2N4O4S. The molecule has 0 atom stereocenters. The lowest BCUT2D eigenvalue weighted by molar-refractivity contribution is 0.145. The zero-order valence-corrected chi connectivity index (χ0v) is 15.7. The number of rotatable bonds is 5. The minimum absolute atomic E-state index is 0.0537. The molecule has 1 aliphatic heterocycles. The number of aryl methyl sites for hydroxylation is 2. The summed E-state index contributed by atoms with van der Waals surface area (Å²) in [6.07, 6.45) is -0.571. The van der Waals surface area contributed by atoms with Gasteiger partial charge in [0.1, 0.15) is 16.3 Å². The molecule has 1 fully saturated rings. The van der Waals surface area contributed by atoms with Crippen LogP contribution in [0.3, 0.4) is 0 Å². The van der Waals surface area contributed by atoms with E-state index in [4.69, 9.17) is 4.52 Å². The van der Waals surface area contributed by atoms with Crippen molar-refractivity contribution in [1.82, 2.24) is 19.0 Å². The number of halogens is 2. The van der Waals surface area contributed by atoms with E-state index in [1.165, 1.54) is 8.87 Å². The van der Waals surface area contributed by atoms with Crippen LogP contribution in [-0.2, 0) is 16.6 Å². The Kier molecular flexibility index (Phi) is 5.43. The molecule has 0 aromatic carbocycles. The fourth-order valence-corrected chi connectivity index (χ4v) is 5.04. The molecule has 0 radical (unpaired) electrons. The summed E-state index contributed by atoms with van der Waals surface area (Å²) < 4.78 is 58.4. The number of alkyl halides is 2. The van der Waals surface area contributed by atoms with Crippen LogP contribution in [0.15, 0.2) is 26.6 Å². The van der Waals surface area contributed by atoms with Gasteiger partial charge in [-0.3, -0.25) is 9.36 Å². The van der Waals surface area contributed by atoms with Crippen molar-refractivity contribution in [1.29, 1.82) is 0 Å². The van der Waals surface area contributed by atoms with E-state index < -0.39 is 27.7 Å². The van der Waals surface area contributed by atoms with Crippen molar-refractivity contribution < 1.29 is 21.7 Å². The third-order valence-corrected chi connectivity index (χ3v) is 6.86. The van der Waals surface area contributed by atoms with Crippen LogP contribution in [0.1, 0.15) is 36.4 Å². The Labute approximate surface area is 154 Å². The van der Waals surface area contributed by atoms with Gasteiger partial charge in [-0.2, -0.15) is 4.31 Å². The number of hydrogen-bond donors (Lipinski definition) is 0. The summed E-state index contributed by atoms with van der Waals surface area (Å²) in [5.41, 5.74) is -0.755. The maximum absolute atomic E-state index is 12.8. The van der Waals surface area contributed by atoms with Gasteiger partial charge in [-0.15, -0.1) is 0 Å². The van der Waals surface area contributed by atoms with E-state index in [0.29, 0.717) is 38.2 Å². The predicted octanol–water partition coefficient (Wildman–Crippen LogP) is 1.89. The van der Waals surface area contributed by atoms with Crippen LogP contribution in [0.5, 0.6) is 0 Å². The molecule has 0 saturated carbocycles. The first-order chi connectivity index (χ1) is 12.7. The minimum atomic E-state index is -3.69. The van der Waals surface area contributed by atoms with Gasteiger partial charge in [0, 0.05) is 25.7 Å². The van der Waals surface area contributed by atoms with Crippen LogP contribution < -0.4 is 5.56 Å². The van der Waals surface area contributed by atoms with Gasteiger partial charge in [-0.25, -0.2) is 22.2 Å². The summed E-state index contributed by atoms with van der Waals surface area (Å²) >= 11 is 0. The van der Waals surface area contributed by atoms with Crippen molar-refractivity contribution >= 4 is 10.0 Å². The van der Waals surface area contributed by atoms with E-state index in [0.717, 1.165) is 12.4 Å². The molecule has 0 amide bonds. The van der Waals surface area contributed by atoms with E-state index in [1.807, 2.05) is 0 Å². The number of sulfonamides is 1. The normalized spacial score (nSPS) is 16.9. The van der Waals surface area contributed by atoms with Crippen LogP contribution >= 0.6 is 0 Å². The third kappa shape index (κ3) is 3.93. The lowest BCUT2D eigenvalue weighted by Gasteiger charge is -2.31. The molecule has 2 aromatic heterocycles. The molecule has 0 N–H and O–H groups in total. The largest absolute Gasteiger partial charge is 0.360 e. The number of nitrogens with zero attached hydrogens (tertiary/aromatic N) is 4. The molecule has 0 bridgehead atoms. The van der Waals surface area contributed by atoms with Crippen LogP contribution in [0.2, 0.25) is 0 Å². The fraction of sp³-hybridized carbons (Fsp3) is 0.562. The molecule has 3 rings (SSSR count). The van der Waals surface area contributed by atoms with Gasteiger partial charge in [0.05, 0.1) is 6.33 Å². The highest BCUT2D eigenvalue weighted by molar-refractivity contribution is 7.89. The summed E-state index contributed by atoms with van der Waals surface area (Å²) in [6.45, 7) is 4.05. The second-order valence-electron chi connectivity index (χ2n) is 6.61. The Morgan fingerprint density at radius 1 is 1.30 bits per heavy atom. The van der Waals surface area contributed by atoms with Gasteiger partial charge in [-0.05, 0) is 32.6 Å². The molecule has 0 spiro atoms. The average molecular weight is 402 g/mol. The van der Waals surface area contributed by atoms with Crippen molar-refractivity contribution in [3.8, 4) is 0 Å². The first-order valence-corrected chi connectivity index (χ1v) is 9.91. The molecule has 3 heterocycles. The van der Waals surface area contributed by atoms with Gasteiger partial charge in [0.2, 0.25) is 10.0 Å². The van der Waals surface area contributed by atoms with E-state index in [-0.39, 0.29) is 16.6 Å². The zero-order valence-electron chi connectivity index (χ0n) is 14.9. The topological polar surface area (TPSA) is 98.3 Å². The standard InChI is InChI=1S/C16H20F2N4O4S/c1-10-15(11(2)26-20-10)27(24,25)22-5-3-12(4-6-22)8-21-9-19-13(16(17)18)7-14(21)23/h7,9,12,16H,3-6,8H2,1-2H3. The summed E-state index contributed by atoms with van der Waals surface area (Å²) in [6, 6.07) is 0.835. The van der Waals surface area contributed by atoms with Crippen molar-refractivity contribution in [2.24, 2.45) is 5.92 Å². The molecule has 1 saturated heterocycles. The van der Waals surface area contributed by atoms with E-state index in [2.05, 4.69) is 10.1 Å². The van der Waals surface area contributed by atoms with Crippen LogP contribution in [0.4, 0.5) is 8.78 Å². The van der Waals surface area contributed by atoms with Gasteiger partial charge in [0.25, 0.3) is 12.0 Å². The Morgan fingerprint density at radius 2 is 1.96 bits per heavy atom. The highest BCUT2D eigenvalue weighted by Crippen LogP contribution is 2.28. The van der Waals surface area contributed by atoms with Gasteiger partial charge in [0.15, 0.2) is 5.76 Å².